The van der Waals surface area contributed by atoms with Crippen molar-refractivity contribution in [1.82, 2.24) is 0 Å². The first kappa shape index (κ1) is 16.4. The van der Waals surface area contributed by atoms with Gasteiger partial charge in [-0.2, -0.15) is 18.7 Å². The van der Waals surface area contributed by atoms with Crippen LogP contribution in [0.25, 0.3) is 11.1 Å². The third-order valence-electron chi connectivity index (χ3n) is 2.48. The fourth-order valence-electron chi connectivity index (χ4n) is 1.68. The Labute approximate surface area is 118 Å². The van der Waals surface area contributed by atoms with Crippen molar-refractivity contribution in [3.63, 3.8) is 0 Å². The van der Waals surface area contributed by atoms with Crippen molar-refractivity contribution < 1.29 is 33.6 Å². The molecule has 1 N–H and O–H groups in total. The lowest BCUT2D eigenvalue weighted by Gasteiger charge is -2.07. The number of aryl methyl sites for hydroxylation is 2. The van der Waals surface area contributed by atoms with Crippen LogP contribution in [-0.4, -0.2) is 4.66 Å². The molecule has 0 radical (unpaired) electrons. The van der Waals surface area contributed by atoms with E-state index in [1.165, 1.54) is 0 Å². The molecule has 0 aliphatic carbocycles. The highest BCUT2D eigenvalue weighted by Gasteiger charge is 2.07. The van der Waals surface area contributed by atoms with Crippen molar-refractivity contribution in [2.45, 2.75) is 13.8 Å². The van der Waals surface area contributed by atoms with E-state index in [0.29, 0.717) is 0 Å². The Bertz CT molecular complexity index is 540. The van der Waals surface area contributed by atoms with Crippen molar-refractivity contribution in [3.8, 4) is 11.1 Å². The minimum atomic E-state index is -4.69. The number of hydrogen-bond acceptors (Lipinski definition) is 5. The summed E-state index contributed by atoms with van der Waals surface area (Å²) in [7, 11) is -4.69. The Morgan fingerprint density at radius 3 is 1.70 bits per heavy atom. The summed E-state index contributed by atoms with van der Waals surface area (Å²) < 4.78 is 33.7. The molecular weight excluding hydrogens is 286 g/mol. The molecule has 108 valence electrons. The Morgan fingerprint density at radius 1 is 0.900 bits per heavy atom. The number of pyridine rings is 1. The molecule has 0 unspecified atom stereocenters. The summed E-state index contributed by atoms with van der Waals surface area (Å²) in [5.41, 5.74) is 3.70. The first-order valence-electron chi connectivity index (χ1n) is 5.58. The van der Waals surface area contributed by atoms with Crippen LogP contribution in [0.5, 0.6) is 0 Å². The molecule has 0 saturated carbocycles. The first-order valence-corrected chi connectivity index (χ1v) is 6.84. The van der Waals surface area contributed by atoms with Crippen molar-refractivity contribution >= 4 is 0 Å². The maximum atomic E-state index is 11.5. The van der Waals surface area contributed by atoms with Gasteiger partial charge >= 0.3 is 0 Å². The molecule has 20 heavy (non-hydrogen) atoms. The number of halogens is 1. The zero-order valence-electron chi connectivity index (χ0n) is 10.9. The number of nitrogens with zero attached hydrogens (tertiary/aromatic N) is 1. The molecule has 0 aliphatic rings. The lowest BCUT2D eigenvalue weighted by Crippen LogP contribution is -2.58. The largest absolute Gasteiger partial charge is 0.618 e. The summed E-state index contributed by atoms with van der Waals surface area (Å²) >= 11 is 0. The molecule has 2 aromatic rings. The van der Waals surface area contributed by atoms with Crippen LogP contribution in [0, 0.1) is 29.3 Å². The van der Waals surface area contributed by atoms with Gasteiger partial charge in [-0.1, -0.05) is 30.3 Å². The van der Waals surface area contributed by atoms with Crippen LogP contribution in [-0.2, 0) is 0 Å². The molecule has 7 heteroatoms. The average Bonchev–Trinajstić information content (AvgIpc) is 2.34. The van der Waals surface area contributed by atoms with Gasteiger partial charge < -0.3 is 5.21 Å². The molecule has 6 nitrogen and oxygen atoms in total. The van der Waals surface area contributed by atoms with Gasteiger partial charge in [0.1, 0.15) is 0 Å². The quantitative estimate of drug-likeness (QED) is 0.507. The van der Waals surface area contributed by atoms with Crippen LogP contribution < -0.4 is 18.7 Å². The van der Waals surface area contributed by atoms with Crippen LogP contribution in [0.4, 0.5) is 0 Å². The minimum Gasteiger partial charge on any atom is -0.618 e. The van der Waals surface area contributed by atoms with Gasteiger partial charge in [-0.15, -0.1) is 0 Å². The van der Waals surface area contributed by atoms with Crippen molar-refractivity contribution in [1.29, 1.82) is 0 Å². The summed E-state index contributed by atoms with van der Waals surface area (Å²) in [5.74, 6) is 0. The SMILES string of the molecule is Cc1cc(-c2ccccc2)cc(C)[n+]1[O-].[O-][Cl+3]([O-])([O-])O. The Hall–Kier alpha value is -1.70. The van der Waals surface area contributed by atoms with E-state index in [1.807, 2.05) is 56.3 Å². The third-order valence-corrected chi connectivity index (χ3v) is 2.48. The van der Waals surface area contributed by atoms with Gasteiger partial charge in [-0.25, -0.2) is 0 Å². The second-order valence-electron chi connectivity index (χ2n) is 4.08. The molecule has 0 fully saturated rings. The molecule has 0 spiro atoms. The van der Waals surface area contributed by atoms with Crippen molar-refractivity contribution in [2.75, 3.05) is 0 Å². The van der Waals surface area contributed by atoms with Crippen molar-refractivity contribution in [3.05, 3.63) is 59.1 Å². The van der Waals surface area contributed by atoms with E-state index in [2.05, 4.69) is 0 Å². The Morgan fingerprint density at radius 2 is 1.30 bits per heavy atom. The third kappa shape index (κ3) is 5.52. The topological polar surface area (TPSA) is 116 Å². The maximum absolute atomic E-state index is 11.5. The van der Waals surface area contributed by atoms with Crippen LogP contribution in [0.3, 0.4) is 0 Å². The summed E-state index contributed by atoms with van der Waals surface area (Å²) in [4.78, 5) is 0. The molecule has 1 aromatic carbocycles. The smallest absolute Gasteiger partial charge is 0.190 e. The first-order chi connectivity index (χ1) is 9.18. The zero-order chi connectivity index (χ0) is 15.3. The van der Waals surface area contributed by atoms with E-state index in [1.54, 1.807) is 0 Å². The highest BCUT2D eigenvalue weighted by atomic mass is 35.7. The highest BCUT2D eigenvalue weighted by Crippen LogP contribution is 2.19. The standard InChI is InChI=1S/C13H13NO.ClHO4/c1-10-8-13(9-11(2)14(10)15)12-6-4-3-5-7-12;2-1(3,4)5/h3-9H,1-2H3;(H,2,3,4,5). The molecule has 0 amide bonds. The summed E-state index contributed by atoms with van der Waals surface area (Å²) in [5, 5.41) is 11.5. The van der Waals surface area contributed by atoms with Crippen LogP contribution >= 0.6 is 0 Å². The van der Waals surface area contributed by atoms with Gasteiger partial charge in [0, 0.05) is 26.0 Å². The summed E-state index contributed by atoms with van der Waals surface area (Å²) in [6, 6.07) is 13.9. The van der Waals surface area contributed by atoms with Crippen LogP contribution in [0.1, 0.15) is 11.4 Å². The lowest BCUT2D eigenvalue weighted by molar-refractivity contribution is -1.92. The Kier molecular flexibility index (Phi) is 5.43. The van der Waals surface area contributed by atoms with E-state index >= 15 is 0 Å². The zero-order valence-corrected chi connectivity index (χ0v) is 11.7. The van der Waals surface area contributed by atoms with Gasteiger partial charge in [-0.3, -0.25) is 0 Å². The molecule has 0 saturated heterocycles. The molecule has 1 heterocycles. The molecule has 0 bridgehead atoms. The van der Waals surface area contributed by atoms with Gasteiger partial charge in [0.05, 0.1) is 14.9 Å². The number of benzene rings is 1. The maximum Gasteiger partial charge on any atom is 0.190 e. The van der Waals surface area contributed by atoms with Gasteiger partial charge in [0.25, 0.3) is 0 Å². The lowest BCUT2D eigenvalue weighted by atomic mass is 10.1. The molecule has 0 aliphatic heterocycles. The highest BCUT2D eigenvalue weighted by molar-refractivity contribution is 5.63. The molecule has 2 rings (SSSR count). The molecule has 0 atom stereocenters. The minimum absolute atomic E-state index is 0.730. The van der Waals surface area contributed by atoms with Crippen LogP contribution in [0.15, 0.2) is 42.5 Å². The van der Waals surface area contributed by atoms with E-state index in [4.69, 9.17) is 18.6 Å². The normalized spacial score (nSPS) is 10.7. The average molecular weight is 300 g/mol. The molecule has 1 aromatic heterocycles. The fraction of sp³-hybridized carbons (Fsp3) is 0.154. The van der Waals surface area contributed by atoms with Crippen molar-refractivity contribution in [2.24, 2.45) is 0 Å². The van der Waals surface area contributed by atoms with E-state index in [9.17, 15) is 5.21 Å². The second-order valence-corrected chi connectivity index (χ2v) is 4.88. The monoisotopic (exact) mass is 299 g/mol. The van der Waals surface area contributed by atoms with Gasteiger partial charge in [-0.05, 0) is 11.1 Å². The summed E-state index contributed by atoms with van der Waals surface area (Å²) in [6.45, 7) is 3.65. The number of hydrogen-bond donors (Lipinski definition) is 1. The van der Waals surface area contributed by atoms with E-state index in [-0.39, 0.29) is 0 Å². The van der Waals surface area contributed by atoms with E-state index in [0.717, 1.165) is 27.2 Å². The Balaban J connectivity index is 0.000000347. The van der Waals surface area contributed by atoms with E-state index < -0.39 is 10.2 Å². The number of aromatic nitrogens is 1. The van der Waals surface area contributed by atoms with Gasteiger partial charge in [0.2, 0.25) is 0 Å². The summed E-state index contributed by atoms with van der Waals surface area (Å²) in [6.07, 6.45) is 0. The fourth-order valence-corrected chi connectivity index (χ4v) is 1.68. The van der Waals surface area contributed by atoms with Crippen LogP contribution in [0.2, 0.25) is 0 Å². The molecular formula is C13H14ClNO5. The predicted molar refractivity (Wildman–Crippen MR) is 62.5 cm³/mol. The predicted octanol–water partition coefficient (Wildman–Crippen LogP) is -1.52. The second kappa shape index (κ2) is 6.65. The number of rotatable bonds is 1. The van der Waals surface area contributed by atoms with Gasteiger partial charge in [0.15, 0.2) is 11.4 Å².